The van der Waals surface area contributed by atoms with Crippen molar-refractivity contribution in [2.24, 2.45) is 5.10 Å². The molecule has 1 atom stereocenters. The van der Waals surface area contributed by atoms with Gasteiger partial charge in [-0.25, -0.2) is 0 Å². The fraction of sp³-hybridized carbons (Fsp3) is 0.500. The Kier molecular flexibility index (Phi) is 4.89. The number of aliphatic hydroxyl groups is 1. The van der Waals surface area contributed by atoms with Gasteiger partial charge in [-0.15, -0.1) is 0 Å². The van der Waals surface area contributed by atoms with Gasteiger partial charge in [0.1, 0.15) is 5.75 Å². The van der Waals surface area contributed by atoms with Crippen molar-refractivity contribution in [1.29, 1.82) is 0 Å². The van der Waals surface area contributed by atoms with E-state index in [2.05, 4.69) is 5.10 Å². The minimum absolute atomic E-state index is 0.0481. The predicted octanol–water partition coefficient (Wildman–Crippen LogP) is 3.34. The molecule has 1 aliphatic heterocycles. The van der Waals surface area contributed by atoms with Gasteiger partial charge in [0.05, 0.1) is 5.56 Å². The van der Waals surface area contributed by atoms with E-state index in [0.717, 1.165) is 6.42 Å². The average Bonchev–Trinajstić information content (AvgIpc) is 2.85. The zero-order valence-corrected chi connectivity index (χ0v) is 13.4. The number of hydrogen-bond acceptors (Lipinski definition) is 4. The highest BCUT2D eigenvalue weighted by Gasteiger charge is 2.63. The third kappa shape index (κ3) is 3.10. The number of hydrogen-bond donors (Lipinski definition) is 2. The van der Waals surface area contributed by atoms with Crippen molar-refractivity contribution in [3.05, 3.63) is 29.3 Å². The van der Waals surface area contributed by atoms with Gasteiger partial charge in [-0.05, 0) is 31.4 Å². The van der Waals surface area contributed by atoms with E-state index in [-0.39, 0.29) is 22.7 Å². The maximum Gasteiger partial charge on any atom is 0.438 e. The lowest BCUT2D eigenvalue weighted by atomic mass is 10.0. The molecule has 132 valence electrons. The van der Waals surface area contributed by atoms with Gasteiger partial charge in [0.25, 0.3) is 11.6 Å². The molecule has 1 aromatic carbocycles. The van der Waals surface area contributed by atoms with Gasteiger partial charge in [-0.1, -0.05) is 25.5 Å². The average molecular weight is 344 g/mol. The van der Waals surface area contributed by atoms with Crippen molar-refractivity contribution in [2.75, 3.05) is 0 Å². The number of aromatic hydroxyl groups is 1. The van der Waals surface area contributed by atoms with Gasteiger partial charge in [0.2, 0.25) is 0 Å². The number of hydrazone groups is 1. The number of para-hydroxylation sites is 1. The molecule has 5 nitrogen and oxygen atoms in total. The number of nitrogens with zero attached hydrogens (tertiary/aromatic N) is 2. The number of rotatable bonds is 4. The second kappa shape index (κ2) is 6.43. The van der Waals surface area contributed by atoms with E-state index >= 15 is 0 Å². The summed E-state index contributed by atoms with van der Waals surface area (Å²) in [5.41, 5.74) is -3.29. The van der Waals surface area contributed by atoms with Crippen LogP contribution in [0.4, 0.5) is 13.2 Å². The summed E-state index contributed by atoms with van der Waals surface area (Å²) in [7, 11) is 0. The van der Waals surface area contributed by atoms with Gasteiger partial charge < -0.3 is 10.2 Å². The zero-order chi connectivity index (χ0) is 18.1. The summed E-state index contributed by atoms with van der Waals surface area (Å²) >= 11 is 0. The van der Waals surface area contributed by atoms with Crippen molar-refractivity contribution < 1.29 is 28.2 Å². The van der Waals surface area contributed by atoms with Crippen LogP contribution in [0.25, 0.3) is 0 Å². The number of alkyl halides is 3. The number of phenolic OH excluding ortho intramolecular Hbond substituents is 1. The summed E-state index contributed by atoms with van der Waals surface area (Å²) in [5.74, 6) is -1.62. The van der Waals surface area contributed by atoms with E-state index in [1.165, 1.54) is 25.1 Å². The Morgan fingerprint density at radius 1 is 1.42 bits per heavy atom. The van der Waals surface area contributed by atoms with Crippen LogP contribution in [0.5, 0.6) is 5.75 Å². The first-order valence-electron chi connectivity index (χ1n) is 7.60. The Labute approximate surface area is 137 Å². The first kappa shape index (κ1) is 18.3. The minimum Gasteiger partial charge on any atom is -0.507 e. The van der Waals surface area contributed by atoms with Crippen LogP contribution in [0.15, 0.2) is 23.3 Å². The quantitative estimate of drug-likeness (QED) is 0.880. The predicted molar refractivity (Wildman–Crippen MR) is 81.6 cm³/mol. The summed E-state index contributed by atoms with van der Waals surface area (Å²) in [4.78, 5) is 12.5. The van der Waals surface area contributed by atoms with Gasteiger partial charge in [-0.3, -0.25) is 4.79 Å². The topological polar surface area (TPSA) is 73.1 Å². The maximum absolute atomic E-state index is 13.4. The van der Waals surface area contributed by atoms with Crippen LogP contribution >= 0.6 is 0 Å². The smallest absolute Gasteiger partial charge is 0.438 e. The first-order chi connectivity index (χ1) is 11.1. The Morgan fingerprint density at radius 2 is 2.08 bits per heavy atom. The lowest BCUT2D eigenvalue weighted by Crippen LogP contribution is -2.56. The fourth-order valence-electron chi connectivity index (χ4n) is 2.52. The lowest BCUT2D eigenvalue weighted by molar-refractivity contribution is -0.297. The zero-order valence-electron chi connectivity index (χ0n) is 13.4. The number of benzene rings is 1. The number of unbranched alkanes of at least 4 members (excludes halogenated alkanes) is 1. The molecule has 8 heteroatoms. The van der Waals surface area contributed by atoms with Crippen LogP contribution in [0.2, 0.25) is 0 Å². The normalized spacial score (nSPS) is 21.1. The highest BCUT2D eigenvalue weighted by atomic mass is 19.4. The molecule has 0 bridgehead atoms. The summed E-state index contributed by atoms with van der Waals surface area (Å²) in [6, 6.07) is 4.15. The number of carbonyl (C=O) groups excluding carboxylic acids is 1. The Balaban J connectivity index is 2.44. The third-order valence-electron chi connectivity index (χ3n) is 3.98. The molecular formula is C16H19F3N2O3. The number of halogens is 3. The highest BCUT2D eigenvalue weighted by Crippen LogP contribution is 2.42. The Morgan fingerprint density at radius 3 is 2.67 bits per heavy atom. The maximum atomic E-state index is 13.4. The molecule has 1 amide bonds. The van der Waals surface area contributed by atoms with Crippen LogP contribution in [-0.2, 0) is 0 Å². The van der Waals surface area contributed by atoms with Gasteiger partial charge in [0.15, 0.2) is 0 Å². The Bertz CT molecular complexity index is 673. The van der Waals surface area contributed by atoms with E-state index in [9.17, 15) is 28.2 Å². The molecule has 2 rings (SSSR count). The molecule has 0 aliphatic carbocycles. The summed E-state index contributed by atoms with van der Waals surface area (Å²) in [5, 5.41) is 23.8. The van der Waals surface area contributed by atoms with Crippen LogP contribution in [0, 0.1) is 6.92 Å². The largest absolute Gasteiger partial charge is 0.507 e. The van der Waals surface area contributed by atoms with E-state index in [0.29, 0.717) is 12.0 Å². The summed E-state index contributed by atoms with van der Waals surface area (Å²) in [6.45, 7) is 3.39. The van der Waals surface area contributed by atoms with E-state index < -0.39 is 30.0 Å². The SMILES string of the molecule is CCCCC1=NN(C(=O)c2cccc(C)c2O)C(O)(C(F)(F)F)C1. The molecule has 0 saturated carbocycles. The van der Waals surface area contributed by atoms with Crippen LogP contribution in [-0.4, -0.2) is 38.7 Å². The Hall–Kier alpha value is -2.09. The molecule has 0 fully saturated rings. The van der Waals surface area contributed by atoms with Gasteiger partial charge in [-0.2, -0.15) is 23.3 Å². The molecule has 0 saturated heterocycles. The molecule has 1 heterocycles. The molecule has 1 aliphatic rings. The van der Waals surface area contributed by atoms with E-state index in [4.69, 9.17) is 0 Å². The van der Waals surface area contributed by atoms with E-state index in [1.54, 1.807) is 0 Å². The number of carbonyl (C=O) groups is 1. The molecule has 1 aromatic rings. The molecule has 0 aromatic heterocycles. The van der Waals surface area contributed by atoms with Crippen molar-refractivity contribution >= 4 is 11.6 Å². The molecular weight excluding hydrogens is 325 g/mol. The molecule has 1 unspecified atom stereocenters. The lowest BCUT2D eigenvalue weighted by Gasteiger charge is -2.32. The van der Waals surface area contributed by atoms with Crippen molar-refractivity contribution in [3.8, 4) is 5.75 Å². The van der Waals surface area contributed by atoms with Crippen LogP contribution < -0.4 is 0 Å². The minimum atomic E-state index is -5.07. The first-order valence-corrected chi connectivity index (χ1v) is 7.60. The summed E-state index contributed by atoms with van der Waals surface area (Å²) < 4.78 is 40.1. The van der Waals surface area contributed by atoms with Crippen LogP contribution in [0.1, 0.15) is 48.5 Å². The second-order valence-electron chi connectivity index (χ2n) is 5.85. The number of phenols is 1. The van der Waals surface area contributed by atoms with E-state index in [1.807, 2.05) is 6.92 Å². The number of amides is 1. The monoisotopic (exact) mass is 344 g/mol. The molecule has 0 radical (unpaired) electrons. The van der Waals surface area contributed by atoms with Crippen LogP contribution in [0.3, 0.4) is 0 Å². The van der Waals surface area contributed by atoms with Gasteiger partial charge in [0, 0.05) is 12.1 Å². The van der Waals surface area contributed by atoms with Crippen molar-refractivity contribution in [1.82, 2.24) is 5.01 Å². The fourth-order valence-corrected chi connectivity index (χ4v) is 2.52. The summed E-state index contributed by atoms with van der Waals surface area (Å²) in [6.07, 6.45) is -4.24. The molecule has 0 spiro atoms. The molecule has 24 heavy (non-hydrogen) atoms. The van der Waals surface area contributed by atoms with Gasteiger partial charge >= 0.3 is 6.18 Å². The third-order valence-corrected chi connectivity index (χ3v) is 3.98. The standard InChI is InChI=1S/C16H19F3N2O3/c1-3-4-7-11-9-15(24,16(17,18)19)21(20-11)14(23)12-8-5-6-10(2)13(12)22/h5-6,8,22,24H,3-4,7,9H2,1-2H3. The van der Waals surface area contributed by atoms with Crippen molar-refractivity contribution in [3.63, 3.8) is 0 Å². The second-order valence-corrected chi connectivity index (χ2v) is 5.85. The molecule has 2 N–H and O–H groups in total. The number of aryl methyl sites for hydroxylation is 1. The highest BCUT2D eigenvalue weighted by molar-refractivity contribution is 6.00. The van der Waals surface area contributed by atoms with Crippen molar-refractivity contribution in [2.45, 2.75) is 51.4 Å².